The van der Waals surface area contributed by atoms with Crippen LogP contribution in [-0.4, -0.2) is 59.6 Å². The Morgan fingerprint density at radius 1 is 1.35 bits per heavy atom. The largest absolute Gasteiger partial charge is 0.330 e. The molecule has 0 aromatic carbocycles. The Kier molecular flexibility index (Phi) is 5.57. The van der Waals surface area contributed by atoms with Crippen molar-refractivity contribution in [3.8, 4) is 0 Å². The number of hydrogen-bond acceptors (Lipinski definition) is 4. The Morgan fingerprint density at radius 2 is 2.10 bits per heavy atom. The molecule has 2 rings (SSSR count). The van der Waals surface area contributed by atoms with Crippen LogP contribution < -0.4 is 5.73 Å². The van der Waals surface area contributed by atoms with E-state index in [4.69, 9.17) is 5.73 Å². The zero-order valence-electron chi connectivity index (χ0n) is 13.1. The molecule has 0 radical (unpaired) electrons. The van der Waals surface area contributed by atoms with E-state index in [-0.39, 0.29) is 6.04 Å². The molecule has 1 unspecified atom stereocenters. The normalized spacial score (nSPS) is 17.1. The van der Waals surface area contributed by atoms with Crippen LogP contribution in [0.25, 0.3) is 0 Å². The van der Waals surface area contributed by atoms with Crippen molar-refractivity contribution in [2.24, 2.45) is 5.73 Å². The van der Waals surface area contributed by atoms with Crippen LogP contribution in [0.3, 0.4) is 0 Å². The molecule has 2 N–H and O–H groups in total. The fraction of sp³-hybridized carbons (Fsp3) is 0.800. The minimum absolute atomic E-state index is 0.290. The van der Waals surface area contributed by atoms with E-state index in [2.05, 4.69) is 40.4 Å². The van der Waals surface area contributed by atoms with Crippen molar-refractivity contribution in [1.29, 1.82) is 0 Å². The van der Waals surface area contributed by atoms with Gasteiger partial charge in [0.15, 0.2) is 0 Å². The van der Waals surface area contributed by atoms with Crippen LogP contribution in [0.15, 0.2) is 12.5 Å². The summed E-state index contributed by atoms with van der Waals surface area (Å²) in [5.74, 6) is 0. The monoisotopic (exact) mass is 279 g/mol. The van der Waals surface area contributed by atoms with Gasteiger partial charge in [-0.1, -0.05) is 6.92 Å². The second-order valence-corrected chi connectivity index (χ2v) is 6.05. The summed E-state index contributed by atoms with van der Waals surface area (Å²) in [6.45, 7) is 6.10. The maximum atomic E-state index is 6.09. The van der Waals surface area contributed by atoms with E-state index in [0.29, 0.717) is 12.6 Å². The van der Waals surface area contributed by atoms with Gasteiger partial charge in [-0.2, -0.15) is 0 Å². The summed E-state index contributed by atoms with van der Waals surface area (Å²) in [5.41, 5.74) is 7.39. The first-order chi connectivity index (χ1) is 9.67. The van der Waals surface area contributed by atoms with E-state index in [0.717, 1.165) is 26.1 Å². The van der Waals surface area contributed by atoms with Crippen molar-refractivity contribution in [2.45, 2.75) is 38.3 Å². The van der Waals surface area contributed by atoms with E-state index in [1.165, 1.54) is 18.5 Å². The molecule has 114 valence electrons. The lowest BCUT2D eigenvalue weighted by Gasteiger charge is -2.32. The van der Waals surface area contributed by atoms with Crippen LogP contribution in [0.1, 0.15) is 44.0 Å². The molecule has 20 heavy (non-hydrogen) atoms. The minimum atomic E-state index is 0.290. The second-order valence-electron chi connectivity index (χ2n) is 6.05. The third-order valence-electron chi connectivity index (χ3n) is 3.99. The molecule has 0 aliphatic heterocycles. The lowest BCUT2D eigenvalue weighted by Crippen LogP contribution is -2.39. The fourth-order valence-electron chi connectivity index (χ4n) is 2.73. The molecule has 1 aliphatic carbocycles. The van der Waals surface area contributed by atoms with Crippen LogP contribution in [0.2, 0.25) is 0 Å². The highest BCUT2D eigenvalue weighted by atomic mass is 15.2. The summed E-state index contributed by atoms with van der Waals surface area (Å²) in [7, 11) is 4.24. The fourth-order valence-corrected chi connectivity index (χ4v) is 2.73. The number of rotatable bonds is 9. The van der Waals surface area contributed by atoms with Gasteiger partial charge < -0.3 is 15.2 Å². The Bertz CT molecular complexity index is 397. The molecule has 0 saturated heterocycles. The van der Waals surface area contributed by atoms with Gasteiger partial charge in [-0.15, -0.1) is 0 Å². The van der Waals surface area contributed by atoms with Crippen LogP contribution in [0.5, 0.6) is 0 Å². The quantitative estimate of drug-likeness (QED) is 0.744. The highest BCUT2D eigenvalue weighted by molar-refractivity contribution is 5.10. The van der Waals surface area contributed by atoms with Crippen molar-refractivity contribution in [1.82, 2.24) is 19.4 Å². The number of nitrogens with zero attached hydrogens (tertiary/aromatic N) is 4. The van der Waals surface area contributed by atoms with Gasteiger partial charge in [0.25, 0.3) is 0 Å². The van der Waals surface area contributed by atoms with E-state index in [1.807, 2.05) is 12.5 Å². The van der Waals surface area contributed by atoms with Gasteiger partial charge in [0, 0.05) is 31.9 Å². The van der Waals surface area contributed by atoms with Crippen LogP contribution in [0, 0.1) is 0 Å². The summed E-state index contributed by atoms with van der Waals surface area (Å²) in [6.07, 6.45) is 7.71. The predicted octanol–water partition coefficient (Wildman–Crippen LogP) is 1.49. The topological polar surface area (TPSA) is 50.3 Å². The molecule has 0 amide bonds. The lowest BCUT2D eigenvalue weighted by molar-refractivity contribution is 0.176. The maximum Gasteiger partial charge on any atom is 0.0951 e. The molecule has 1 aromatic heterocycles. The molecular formula is C15H29N5. The van der Waals surface area contributed by atoms with Gasteiger partial charge >= 0.3 is 0 Å². The van der Waals surface area contributed by atoms with Crippen molar-refractivity contribution >= 4 is 0 Å². The molecule has 0 bridgehead atoms. The maximum absolute atomic E-state index is 6.09. The summed E-state index contributed by atoms with van der Waals surface area (Å²) >= 11 is 0. The number of likely N-dealkylation sites (N-methyl/N-ethyl adjacent to an activating group) is 1. The highest BCUT2D eigenvalue weighted by Crippen LogP contribution is 2.37. The highest BCUT2D eigenvalue weighted by Gasteiger charge is 2.29. The van der Waals surface area contributed by atoms with Crippen LogP contribution in [-0.2, 0) is 0 Å². The predicted molar refractivity (Wildman–Crippen MR) is 82.7 cm³/mol. The molecule has 1 saturated carbocycles. The zero-order valence-corrected chi connectivity index (χ0v) is 13.1. The van der Waals surface area contributed by atoms with Crippen molar-refractivity contribution in [2.75, 3.05) is 40.3 Å². The molecule has 5 nitrogen and oxygen atoms in total. The van der Waals surface area contributed by atoms with Crippen molar-refractivity contribution in [3.63, 3.8) is 0 Å². The van der Waals surface area contributed by atoms with Crippen molar-refractivity contribution in [3.05, 3.63) is 18.2 Å². The molecular weight excluding hydrogens is 250 g/mol. The molecule has 0 spiro atoms. The molecule has 1 aromatic rings. The lowest BCUT2D eigenvalue weighted by atomic mass is 10.1. The Balaban J connectivity index is 2.11. The first-order valence-corrected chi connectivity index (χ1v) is 7.78. The van der Waals surface area contributed by atoms with Gasteiger partial charge in [-0.05, 0) is 39.9 Å². The number of aromatic nitrogens is 2. The van der Waals surface area contributed by atoms with E-state index < -0.39 is 0 Å². The molecule has 1 fully saturated rings. The summed E-state index contributed by atoms with van der Waals surface area (Å²) < 4.78 is 2.34. The summed E-state index contributed by atoms with van der Waals surface area (Å²) in [5, 5.41) is 0. The third-order valence-corrected chi connectivity index (χ3v) is 3.99. The van der Waals surface area contributed by atoms with Gasteiger partial charge in [0.1, 0.15) is 0 Å². The SMILES string of the molecule is CCCN(CCN(C)C)C(CN)c1cncn1C1CC1. The van der Waals surface area contributed by atoms with Gasteiger partial charge in [0.05, 0.1) is 18.1 Å². The first-order valence-electron chi connectivity index (χ1n) is 7.78. The van der Waals surface area contributed by atoms with Gasteiger partial charge in [-0.25, -0.2) is 4.98 Å². The number of nitrogens with two attached hydrogens (primary N) is 1. The number of imidazole rings is 1. The van der Waals surface area contributed by atoms with Crippen LogP contribution in [0.4, 0.5) is 0 Å². The van der Waals surface area contributed by atoms with E-state index in [9.17, 15) is 0 Å². The zero-order chi connectivity index (χ0) is 14.5. The van der Waals surface area contributed by atoms with Gasteiger partial charge in [-0.3, -0.25) is 4.90 Å². The Hall–Kier alpha value is -0.910. The van der Waals surface area contributed by atoms with E-state index >= 15 is 0 Å². The van der Waals surface area contributed by atoms with Gasteiger partial charge in [0.2, 0.25) is 0 Å². The third kappa shape index (κ3) is 3.81. The first kappa shape index (κ1) is 15.5. The Labute approximate surface area is 122 Å². The van der Waals surface area contributed by atoms with Crippen LogP contribution >= 0.6 is 0 Å². The summed E-state index contributed by atoms with van der Waals surface area (Å²) in [4.78, 5) is 9.10. The average molecular weight is 279 g/mol. The average Bonchev–Trinajstić information content (AvgIpc) is 3.16. The summed E-state index contributed by atoms with van der Waals surface area (Å²) in [6, 6.07) is 0.955. The molecule has 1 aliphatic rings. The van der Waals surface area contributed by atoms with E-state index in [1.54, 1.807) is 0 Å². The minimum Gasteiger partial charge on any atom is -0.330 e. The molecule has 5 heteroatoms. The van der Waals surface area contributed by atoms with Crippen molar-refractivity contribution < 1.29 is 0 Å². The standard InChI is InChI=1S/C15H29N5/c1-4-7-19(9-8-18(2)3)14(10-16)15-11-17-12-20(15)13-5-6-13/h11-14H,4-10,16H2,1-3H3. The Morgan fingerprint density at radius 3 is 2.65 bits per heavy atom. The molecule has 1 heterocycles. The smallest absolute Gasteiger partial charge is 0.0951 e. The number of hydrogen-bond donors (Lipinski definition) is 1. The second kappa shape index (κ2) is 7.20. The molecule has 1 atom stereocenters.